The van der Waals surface area contributed by atoms with Crippen molar-refractivity contribution in [2.75, 3.05) is 26.2 Å². The number of carboxylic acid groups (broad SMARTS) is 1. The first-order valence-electron chi connectivity index (χ1n) is 9.45. The molecule has 0 aliphatic carbocycles. The van der Waals surface area contributed by atoms with Gasteiger partial charge in [0.15, 0.2) is 0 Å². The van der Waals surface area contributed by atoms with Crippen molar-refractivity contribution in [2.45, 2.75) is 31.6 Å². The molecule has 0 bridgehead atoms. The number of para-hydroxylation sites is 1. The number of carboxylic acids is 1. The van der Waals surface area contributed by atoms with E-state index in [2.05, 4.69) is 4.90 Å². The quantitative estimate of drug-likeness (QED) is 0.780. The molecule has 1 saturated heterocycles. The molecule has 2 aromatic carbocycles. The Balaban J connectivity index is 1.64. The summed E-state index contributed by atoms with van der Waals surface area (Å²) in [5.41, 5.74) is 1.77. The molecule has 138 valence electrons. The first-order valence-corrected chi connectivity index (χ1v) is 9.45. The first-order chi connectivity index (χ1) is 12.7. The van der Waals surface area contributed by atoms with Gasteiger partial charge in [0.05, 0.1) is 5.92 Å². The monoisotopic (exact) mass is 353 g/mol. The minimum atomic E-state index is -0.806. The zero-order valence-electron chi connectivity index (χ0n) is 15.1. The molecule has 0 spiro atoms. The molecule has 0 radical (unpaired) electrons. The Morgan fingerprint density at radius 2 is 1.69 bits per heavy atom. The van der Waals surface area contributed by atoms with Crippen molar-refractivity contribution < 1.29 is 14.6 Å². The second-order valence-corrected chi connectivity index (χ2v) is 6.86. The molecule has 2 aromatic rings. The molecule has 1 fully saturated rings. The lowest BCUT2D eigenvalue weighted by atomic mass is 9.92. The predicted molar refractivity (Wildman–Crippen MR) is 103 cm³/mol. The SMILES string of the molecule is O=C(O)C(Cc1ccccc1OCCN1CCCCC1)c1ccccc1. The Kier molecular flexibility index (Phi) is 6.67. The van der Waals surface area contributed by atoms with Gasteiger partial charge in [-0.25, -0.2) is 0 Å². The maximum absolute atomic E-state index is 11.8. The van der Waals surface area contributed by atoms with Crippen LogP contribution in [0.2, 0.25) is 0 Å². The fourth-order valence-corrected chi connectivity index (χ4v) is 3.53. The number of piperidine rings is 1. The highest BCUT2D eigenvalue weighted by molar-refractivity contribution is 5.76. The summed E-state index contributed by atoms with van der Waals surface area (Å²) in [4.78, 5) is 14.2. The van der Waals surface area contributed by atoms with Crippen molar-refractivity contribution in [1.29, 1.82) is 0 Å². The van der Waals surface area contributed by atoms with E-state index < -0.39 is 11.9 Å². The molecule has 0 aromatic heterocycles. The van der Waals surface area contributed by atoms with Crippen LogP contribution in [0.4, 0.5) is 0 Å². The van der Waals surface area contributed by atoms with Crippen molar-refractivity contribution in [3.8, 4) is 5.75 Å². The van der Waals surface area contributed by atoms with E-state index in [1.165, 1.54) is 19.3 Å². The lowest BCUT2D eigenvalue weighted by Crippen LogP contribution is -2.33. The van der Waals surface area contributed by atoms with Gasteiger partial charge in [0.25, 0.3) is 0 Å². The van der Waals surface area contributed by atoms with E-state index >= 15 is 0 Å². The Bertz CT molecular complexity index is 696. The van der Waals surface area contributed by atoms with Crippen molar-refractivity contribution in [3.05, 3.63) is 65.7 Å². The van der Waals surface area contributed by atoms with Crippen LogP contribution >= 0.6 is 0 Å². The molecule has 1 aliphatic heterocycles. The summed E-state index contributed by atoms with van der Waals surface area (Å²) >= 11 is 0. The van der Waals surface area contributed by atoms with Gasteiger partial charge in [-0.1, -0.05) is 55.0 Å². The Labute approximate surface area is 155 Å². The molecule has 4 nitrogen and oxygen atoms in total. The number of hydrogen-bond donors (Lipinski definition) is 1. The highest BCUT2D eigenvalue weighted by Crippen LogP contribution is 2.27. The van der Waals surface area contributed by atoms with Gasteiger partial charge in [-0.3, -0.25) is 9.69 Å². The van der Waals surface area contributed by atoms with Gasteiger partial charge in [0.1, 0.15) is 12.4 Å². The molecular weight excluding hydrogens is 326 g/mol. The Morgan fingerprint density at radius 3 is 2.42 bits per heavy atom. The topological polar surface area (TPSA) is 49.8 Å². The van der Waals surface area contributed by atoms with Gasteiger partial charge in [-0.15, -0.1) is 0 Å². The van der Waals surface area contributed by atoms with Crippen molar-refractivity contribution >= 4 is 5.97 Å². The van der Waals surface area contributed by atoms with Crippen LogP contribution in [0.1, 0.15) is 36.3 Å². The molecule has 3 rings (SSSR count). The molecule has 1 unspecified atom stereocenters. The van der Waals surface area contributed by atoms with Crippen LogP contribution in [-0.4, -0.2) is 42.2 Å². The highest BCUT2D eigenvalue weighted by Gasteiger charge is 2.21. The van der Waals surface area contributed by atoms with Gasteiger partial charge in [-0.2, -0.15) is 0 Å². The van der Waals surface area contributed by atoms with E-state index in [1.54, 1.807) is 0 Å². The lowest BCUT2D eigenvalue weighted by Gasteiger charge is -2.26. The van der Waals surface area contributed by atoms with Gasteiger partial charge in [0.2, 0.25) is 0 Å². The van der Waals surface area contributed by atoms with E-state index in [0.717, 1.165) is 36.5 Å². The van der Waals surface area contributed by atoms with Crippen molar-refractivity contribution in [2.24, 2.45) is 0 Å². The fourth-order valence-electron chi connectivity index (χ4n) is 3.53. The standard InChI is InChI=1S/C22H27NO3/c24-22(25)20(18-9-3-1-4-10-18)17-19-11-5-6-12-21(19)26-16-15-23-13-7-2-8-14-23/h1,3-6,9-12,20H,2,7-8,13-17H2,(H,24,25). The van der Waals surface area contributed by atoms with Gasteiger partial charge < -0.3 is 9.84 Å². The zero-order chi connectivity index (χ0) is 18.2. The summed E-state index contributed by atoms with van der Waals surface area (Å²) in [5, 5.41) is 9.68. The number of rotatable bonds is 8. The van der Waals surface area contributed by atoms with Crippen LogP contribution in [0.25, 0.3) is 0 Å². The van der Waals surface area contributed by atoms with Crippen LogP contribution in [0, 0.1) is 0 Å². The van der Waals surface area contributed by atoms with Crippen LogP contribution < -0.4 is 4.74 Å². The normalized spacial score (nSPS) is 16.2. The van der Waals surface area contributed by atoms with E-state index in [0.29, 0.717) is 13.0 Å². The maximum atomic E-state index is 11.8. The molecule has 1 aliphatic rings. The van der Waals surface area contributed by atoms with Crippen LogP contribution in [0.15, 0.2) is 54.6 Å². The average molecular weight is 353 g/mol. The third kappa shape index (κ3) is 5.09. The van der Waals surface area contributed by atoms with Crippen LogP contribution in [-0.2, 0) is 11.2 Å². The van der Waals surface area contributed by atoms with Gasteiger partial charge in [-0.05, 0) is 49.5 Å². The average Bonchev–Trinajstić information content (AvgIpc) is 2.68. The summed E-state index contributed by atoms with van der Waals surface area (Å²) in [7, 11) is 0. The molecule has 0 saturated carbocycles. The number of carbonyl (C=O) groups is 1. The molecule has 1 atom stereocenters. The van der Waals surface area contributed by atoms with E-state index in [4.69, 9.17) is 4.74 Å². The number of ether oxygens (including phenoxy) is 1. The zero-order valence-corrected chi connectivity index (χ0v) is 15.1. The Morgan fingerprint density at radius 1 is 1.00 bits per heavy atom. The van der Waals surface area contributed by atoms with Crippen molar-refractivity contribution in [1.82, 2.24) is 4.90 Å². The smallest absolute Gasteiger partial charge is 0.311 e. The van der Waals surface area contributed by atoms with Crippen LogP contribution in [0.5, 0.6) is 5.75 Å². The molecule has 26 heavy (non-hydrogen) atoms. The number of benzene rings is 2. The largest absolute Gasteiger partial charge is 0.492 e. The summed E-state index contributed by atoms with van der Waals surface area (Å²) in [6.45, 7) is 3.87. The third-order valence-corrected chi connectivity index (χ3v) is 5.01. The predicted octanol–water partition coefficient (Wildman–Crippen LogP) is 3.96. The fraction of sp³-hybridized carbons (Fsp3) is 0.409. The maximum Gasteiger partial charge on any atom is 0.311 e. The molecule has 0 amide bonds. The minimum Gasteiger partial charge on any atom is -0.492 e. The number of hydrogen-bond acceptors (Lipinski definition) is 3. The molecule has 1 heterocycles. The highest BCUT2D eigenvalue weighted by atomic mass is 16.5. The van der Waals surface area contributed by atoms with Gasteiger partial charge in [0, 0.05) is 6.54 Å². The number of likely N-dealkylation sites (tertiary alicyclic amines) is 1. The first kappa shape index (κ1) is 18.5. The van der Waals surface area contributed by atoms with Gasteiger partial charge >= 0.3 is 5.97 Å². The van der Waals surface area contributed by atoms with E-state index in [-0.39, 0.29) is 0 Å². The Hall–Kier alpha value is -2.33. The summed E-state index contributed by atoms with van der Waals surface area (Å²) in [5.74, 6) is -0.575. The summed E-state index contributed by atoms with van der Waals surface area (Å²) < 4.78 is 6.02. The van der Waals surface area contributed by atoms with E-state index in [9.17, 15) is 9.90 Å². The second kappa shape index (κ2) is 9.39. The number of aliphatic carboxylic acids is 1. The summed E-state index contributed by atoms with van der Waals surface area (Å²) in [6, 6.07) is 17.2. The summed E-state index contributed by atoms with van der Waals surface area (Å²) in [6.07, 6.45) is 4.30. The molecular formula is C22H27NO3. The minimum absolute atomic E-state index is 0.430. The number of nitrogens with zero attached hydrogens (tertiary/aromatic N) is 1. The second-order valence-electron chi connectivity index (χ2n) is 6.86. The molecule has 4 heteroatoms. The van der Waals surface area contributed by atoms with Crippen molar-refractivity contribution in [3.63, 3.8) is 0 Å². The van der Waals surface area contributed by atoms with E-state index in [1.807, 2.05) is 54.6 Å². The lowest BCUT2D eigenvalue weighted by molar-refractivity contribution is -0.138. The van der Waals surface area contributed by atoms with Crippen LogP contribution in [0.3, 0.4) is 0 Å². The molecule has 1 N–H and O–H groups in total. The third-order valence-electron chi connectivity index (χ3n) is 5.01.